The molecule has 0 fully saturated rings. The molecule has 0 spiro atoms. The zero-order valence-electron chi connectivity index (χ0n) is 16.0. The number of hydrogen-bond acceptors (Lipinski definition) is 4. The lowest BCUT2D eigenvalue weighted by molar-refractivity contribution is 0.0643. The van der Waals surface area contributed by atoms with E-state index in [1.54, 1.807) is 0 Å². The summed E-state index contributed by atoms with van der Waals surface area (Å²) >= 11 is 0. The van der Waals surface area contributed by atoms with Crippen LogP contribution in [0, 0.1) is 13.8 Å². The molecule has 1 aromatic carbocycles. The predicted molar refractivity (Wildman–Crippen MR) is 104 cm³/mol. The van der Waals surface area contributed by atoms with Crippen molar-refractivity contribution in [3.05, 3.63) is 68.8 Å². The first kappa shape index (κ1) is 18.9. The number of ether oxygens (including phenoxy) is 1. The van der Waals surface area contributed by atoms with Gasteiger partial charge in [-0.2, -0.15) is 0 Å². The first-order chi connectivity index (χ1) is 12.9. The van der Waals surface area contributed by atoms with E-state index < -0.39 is 0 Å². The van der Waals surface area contributed by atoms with Crippen LogP contribution in [0.4, 0.5) is 0 Å². The van der Waals surface area contributed by atoms with Gasteiger partial charge in [-0.1, -0.05) is 18.2 Å². The van der Waals surface area contributed by atoms with E-state index in [-0.39, 0.29) is 36.5 Å². The van der Waals surface area contributed by atoms with Crippen molar-refractivity contribution in [3.63, 3.8) is 0 Å². The molecule has 6 heteroatoms. The summed E-state index contributed by atoms with van der Waals surface area (Å²) in [6.45, 7) is 7.96. The predicted octanol–water partition coefficient (Wildman–Crippen LogP) is 3.59. The Morgan fingerprint density at radius 2 is 1.96 bits per heavy atom. The van der Waals surface area contributed by atoms with E-state index in [4.69, 9.17) is 9.15 Å². The molecule has 2 heterocycles. The Kier molecular flexibility index (Phi) is 5.46. The van der Waals surface area contributed by atoms with E-state index in [9.17, 15) is 9.59 Å². The van der Waals surface area contributed by atoms with Gasteiger partial charge in [0, 0.05) is 28.8 Å². The first-order valence-corrected chi connectivity index (χ1v) is 8.96. The monoisotopic (exact) mass is 368 g/mol. The summed E-state index contributed by atoms with van der Waals surface area (Å²) < 4.78 is 11.5. The van der Waals surface area contributed by atoms with E-state index in [2.05, 4.69) is 10.3 Å². The molecule has 0 aliphatic carbocycles. The molecular weight excluding hydrogens is 344 g/mol. The fourth-order valence-electron chi connectivity index (χ4n) is 3.03. The van der Waals surface area contributed by atoms with Gasteiger partial charge in [-0.15, -0.1) is 0 Å². The Morgan fingerprint density at radius 1 is 1.22 bits per heavy atom. The second-order valence-electron chi connectivity index (χ2n) is 6.89. The Bertz CT molecular complexity index is 1030. The lowest BCUT2D eigenvalue weighted by Gasteiger charge is -2.10. The van der Waals surface area contributed by atoms with Gasteiger partial charge >= 0.3 is 0 Å². The van der Waals surface area contributed by atoms with Crippen LogP contribution in [0.1, 0.15) is 46.8 Å². The van der Waals surface area contributed by atoms with Crippen LogP contribution in [0.25, 0.3) is 11.0 Å². The number of aromatic nitrogens is 1. The number of amides is 1. The Balaban J connectivity index is 1.87. The minimum Gasteiger partial charge on any atom is -0.451 e. The number of nitrogens with one attached hydrogen (secondary N) is 2. The molecule has 0 aliphatic heterocycles. The van der Waals surface area contributed by atoms with Crippen LogP contribution in [-0.2, 0) is 17.9 Å². The van der Waals surface area contributed by atoms with Crippen molar-refractivity contribution in [2.24, 2.45) is 0 Å². The van der Waals surface area contributed by atoms with E-state index in [1.807, 2.05) is 58.0 Å². The number of fused-ring (bicyclic) bond motifs is 1. The number of furan rings is 1. The number of para-hydroxylation sites is 1. The number of H-pyrrole nitrogens is 1. The summed E-state index contributed by atoms with van der Waals surface area (Å²) in [7, 11) is 0. The third kappa shape index (κ3) is 4.11. The maximum Gasteiger partial charge on any atom is 0.287 e. The van der Waals surface area contributed by atoms with Gasteiger partial charge in [-0.05, 0) is 45.4 Å². The summed E-state index contributed by atoms with van der Waals surface area (Å²) in [6.07, 6.45) is 0.0309. The molecule has 0 saturated heterocycles. The number of pyridine rings is 1. The van der Waals surface area contributed by atoms with Gasteiger partial charge in [0.2, 0.25) is 0 Å². The summed E-state index contributed by atoms with van der Waals surface area (Å²) in [5.41, 5.74) is 3.31. The molecule has 0 saturated carbocycles. The van der Waals surface area contributed by atoms with E-state index in [1.165, 1.54) is 0 Å². The van der Waals surface area contributed by atoms with Crippen LogP contribution in [-0.4, -0.2) is 17.0 Å². The number of hydrogen-bond donors (Lipinski definition) is 2. The van der Waals surface area contributed by atoms with Crippen molar-refractivity contribution >= 4 is 16.9 Å². The van der Waals surface area contributed by atoms with Crippen molar-refractivity contribution in [2.45, 2.75) is 47.0 Å². The minimum absolute atomic E-state index is 0.0309. The maximum absolute atomic E-state index is 12.8. The highest BCUT2D eigenvalue weighted by Crippen LogP contribution is 2.27. The number of rotatable bonds is 6. The van der Waals surface area contributed by atoms with Gasteiger partial charge in [0.1, 0.15) is 5.58 Å². The van der Waals surface area contributed by atoms with Crippen molar-refractivity contribution in [2.75, 3.05) is 0 Å². The highest BCUT2D eigenvalue weighted by Gasteiger charge is 2.21. The van der Waals surface area contributed by atoms with Crippen molar-refractivity contribution in [3.8, 4) is 0 Å². The molecule has 142 valence electrons. The number of aromatic amines is 1. The van der Waals surface area contributed by atoms with Crippen LogP contribution < -0.4 is 10.9 Å². The fourth-order valence-corrected chi connectivity index (χ4v) is 3.03. The number of aryl methyl sites for hydroxylation is 2. The molecule has 1 amide bonds. The number of benzene rings is 1. The molecule has 0 radical (unpaired) electrons. The number of carbonyl (C=O) groups excluding carboxylic acids is 1. The van der Waals surface area contributed by atoms with Gasteiger partial charge in [0.05, 0.1) is 12.7 Å². The minimum atomic E-state index is -0.368. The summed E-state index contributed by atoms with van der Waals surface area (Å²) in [6, 6.07) is 9.36. The zero-order valence-corrected chi connectivity index (χ0v) is 16.0. The molecule has 0 aliphatic rings. The van der Waals surface area contributed by atoms with Crippen molar-refractivity contribution in [1.29, 1.82) is 0 Å². The van der Waals surface area contributed by atoms with Crippen molar-refractivity contribution in [1.82, 2.24) is 10.3 Å². The molecule has 0 atom stereocenters. The normalized spacial score (nSPS) is 11.3. The van der Waals surface area contributed by atoms with E-state index >= 15 is 0 Å². The van der Waals surface area contributed by atoms with Crippen LogP contribution in [0.3, 0.4) is 0 Å². The molecule has 0 bridgehead atoms. The molecule has 3 rings (SSSR count). The molecule has 27 heavy (non-hydrogen) atoms. The Hall–Kier alpha value is -2.86. The van der Waals surface area contributed by atoms with Gasteiger partial charge in [-0.3, -0.25) is 9.59 Å². The van der Waals surface area contributed by atoms with Crippen molar-refractivity contribution < 1.29 is 13.9 Å². The van der Waals surface area contributed by atoms with Crippen LogP contribution in [0.15, 0.2) is 39.5 Å². The topological polar surface area (TPSA) is 84.3 Å². The molecule has 2 N–H and O–H groups in total. The highest BCUT2D eigenvalue weighted by atomic mass is 16.5. The van der Waals surface area contributed by atoms with Gasteiger partial charge < -0.3 is 19.5 Å². The van der Waals surface area contributed by atoms with Crippen LogP contribution in [0.5, 0.6) is 0 Å². The summed E-state index contributed by atoms with van der Waals surface area (Å²) in [5.74, 6) is -0.147. The van der Waals surface area contributed by atoms with E-state index in [0.29, 0.717) is 16.7 Å². The lowest BCUT2D eigenvalue weighted by Crippen LogP contribution is -2.28. The standard InChI is InChI=1S/C21H24N2O4/c1-12(2)26-11-17-15-7-5-6-8-18(15)27-19(17)21(25)22-10-16-13(3)9-14(4)23-20(16)24/h5-9,12H,10-11H2,1-4H3,(H,22,25)(H,23,24). The smallest absolute Gasteiger partial charge is 0.287 e. The summed E-state index contributed by atoms with van der Waals surface area (Å²) in [4.78, 5) is 27.7. The Morgan fingerprint density at radius 3 is 2.67 bits per heavy atom. The highest BCUT2D eigenvalue weighted by molar-refractivity contribution is 5.99. The molecule has 6 nitrogen and oxygen atoms in total. The molecule has 3 aromatic rings. The van der Waals surface area contributed by atoms with E-state index in [0.717, 1.165) is 16.6 Å². The van der Waals surface area contributed by atoms with Gasteiger partial charge in [-0.25, -0.2) is 0 Å². The summed E-state index contributed by atoms with van der Waals surface area (Å²) in [5, 5.41) is 3.65. The second kappa shape index (κ2) is 7.80. The first-order valence-electron chi connectivity index (χ1n) is 8.96. The number of carbonyl (C=O) groups is 1. The quantitative estimate of drug-likeness (QED) is 0.696. The maximum atomic E-state index is 12.8. The third-order valence-electron chi connectivity index (χ3n) is 4.39. The largest absolute Gasteiger partial charge is 0.451 e. The SMILES string of the molecule is Cc1cc(C)c(CNC(=O)c2oc3ccccc3c2COC(C)C)c(=O)[nH]1. The second-order valence-corrected chi connectivity index (χ2v) is 6.89. The third-order valence-corrected chi connectivity index (χ3v) is 4.39. The average Bonchev–Trinajstić information content (AvgIpc) is 2.97. The molecule has 2 aromatic heterocycles. The molecular formula is C21H24N2O4. The fraction of sp³-hybridized carbons (Fsp3) is 0.333. The molecule has 0 unspecified atom stereocenters. The zero-order chi connectivity index (χ0) is 19.6. The van der Waals surface area contributed by atoms with Crippen LogP contribution >= 0.6 is 0 Å². The Labute approximate surface area is 157 Å². The van der Waals surface area contributed by atoms with Gasteiger partial charge in [0.25, 0.3) is 11.5 Å². The van der Waals surface area contributed by atoms with Crippen LogP contribution in [0.2, 0.25) is 0 Å². The lowest BCUT2D eigenvalue weighted by atomic mass is 10.1. The van der Waals surface area contributed by atoms with Gasteiger partial charge in [0.15, 0.2) is 5.76 Å². The average molecular weight is 368 g/mol.